The average Bonchev–Trinajstić information content (AvgIpc) is 3.34. The fourth-order valence-electron chi connectivity index (χ4n) is 4.04. The number of aromatic nitrogens is 4. The highest BCUT2D eigenvalue weighted by Crippen LogP contribution is 2.35. The number of nitrogens with two attached hydrogens (primary N) is 1. The molecule has 0 atom stereocenters. The summed E-state index contributed by atoms with van der Waals surface area (Å²) in [6, 6.07) is 17.5. The summed E-state index contributed by atoms with van der Waals surface area (Å²) in [5, 5.41) is 8.12. The fraction of sp³-hybridized carbons (Fsp3) is 0.269. The molecule has 4 aromatic rings. The van der Waals surface area contributed by atoms with Gasteiger partial charge in [-0.15, -0.1) is 4.80 Å². The Morgan fingerprint density at radius 3 is 2.12 bits per heavy atom. The van der Waals surface area contributed by atoms with E-state index in [-0.39, 0.29) is 23.3 Å². The van der Waals surface area contributed by atoms with Gasteiger partial charge >= 0.3 is 0 Å². The van der Waals surface area contributed by atoms with Crippen LogP contribution in [0.2, 0.25) is 0 Å². The first kappa shape index (κ1) is 22.0. The van der Waals surface area contributed by atoms with E-state index in [1.165, 1.54) is 28.8 Å². The van der Waals surface area contributed by atoms with E-state index in [1.807, 2.05) is 36.4 Å². The zero-order valence-corrected chi connectivity index (χ0v) is 19.1. The molecule has 174 valence electrons. The van der Waals surface area contributed by atoms with Gasteiger partial charge in [0.05, 0.1) is 18.6 Å². The maximum absolute atomic E-state index is 13.8. The van der Waals surface area contributed by atoms with Gasteiger partial charge in [-0.1, -0.05) is 38.1 Å². The minimum atomic E-state index is -0.503. The first-order valence-electron chi connectivity index (χ1n) is 11.2. The van der Waals surface area contributed by atoms with Crippen molar-refractivity contribution < 1.29 is 13.9 Å². The minimum absolute atomic E-state index is 0.222. The third-order valence-corrected chi connectivity index (χ3v) is 6.22. The van der Waals surface area contributed by atoms with Crippen molar-refractivity contribution in [3.63, 3.8) is 0 Å². The second-order valence-corrected chi connectivity index (χ2v) is 9.04. The van der Waals surface area contributed by atoms with E-state index >= 15 is 0 Å². The second-order valence-electron chi connectivity index (χ2n) is 9.04. The summed E-state index contributed by atoms with van der Waals surface area (Å²) in [7, 11) is 0. The lowest BCUT2D eigenvalue weighted by Crippen LogP contribution is -2.43. The van der Waals surface area contributed by atoms with Crippen LogP contribution in [0.25, 0.3) is 5.82 Å². The van der Waals surface area contributed by atoms with E-state index in [2.05, 4.69) is 41.2 Å². The smallest absolute Gasteiger partial charge is 0.217 e. The molecule has 2 heterocycles. The molecule has 7 nitrogen and oxygen atoms in total. The Morgan fingerprint density at radius 2 is 1.53 bits per heavy atom. The Hall–Kier alpha value is -3.78. The van der Waals surface area contributed by atoms with Crippen molar-refractivity contribution in [3.05, 3.63) is 90.1 Å². The molecule has 0 aliphatic heterocycles. The van der Waals surface area contributed by atoms with Crippen LogP contribution in [0.1, 0.15) is 37.8 Å². The highest BCUT2D eigenvalue weighted by Gasteiger charge is 2.28. The molecule has 0 amide bonds. The van der Waals surface area contributed by atoms with Gasteiger partial charge in [0.15, 0.2) is 5.75 Å². The SMILES string of the molecule is CC(C)(c1ccc(Oc2cc(F)cnc2-n2nccn2)cc1)c1ccc(O[C@H]2C[C@H](N)C2)cc1. The predicted molar refractivity (Wildman–Crippen MR) is 126 cm³/mol. The van der Waals surface area contributed by atoms with Gasteiger partial charge in [-0.25, -0.2) is 9.37 Å². The summed E-state index contributed by atoms with van der Waals surface area (Å²) in [5.74, 6) is 1.46. The molecule has 1 aliphatic rings. The first-order valence-corrected chi connectivity index (χ1v) is 11.2. The number of hydrogen-bond acceptors (Lipinski definition) is 6. The molecule has 0 bridgehead atoms. The average molecular weight is 460 g/mol. The van der Waals surface area contributed by atoms with Crippen LogP contribution < -0.4 is 15.2 Å². The molecule has 2 N–H and O–H groups in total. The molecule has 1 aliphatic carbocycles. The lowest BCUT2D eigenvalue weighted by Gasteiger charge is -2.33. The van der Waals surface area contributed by atoms with E-state index in [9.17, 15) is 4.39 Å². The lowest BCUT2D eigenvalue weighted by molar-refractivity contribution is 0.101. The van der Waals surface area contributed by atoms with Crippen molar-refractivity contribution in [1.82, 2.24) is 20.0 Å². The van der Waals surface area contributed by atoms with Gasteiger partial charge in [0, 0.05) is 17.5 Å². The largest absolute Gasteiger partial charge is 0.490 e. The highest BCUT2D eigenvalue weighted by molar-refractivity contribution is 5.45. The van der Waals surface area contributed by atoms with Crippen LogP contribution in [0.15, 0.2) is 73.2 Å². The lowest BCUT2D eigenvalue weighted by atomic mass is 9.78. The summed E-state index contributed by atoms with van der Waals surface area (Å²) >= 11 is 0. The van der Waals surface area contributed by atoms with Gasteiger partial charge in [0.2, 0.25) is 5.82 Å². The standard InChI is InChI=1S/C26H26FN5O2/c1-26(2,17-3-7-21(8-4-17)33-23-14-20(28)15-23)18-5-9-22(10-6-18)34-24-13-19(27)16-29-25(24)32-30-11-12-31-32/h3-13,16,20,23H,14-15,28H2,1-2H3/t20-,23-. The number of pyridine rings is 1. The van der Waals surface area contributed by atoms with Gasteiger partial charge in [0.25, 0.3) is 0 Å². The molecular formula is C26H26FN5O2. The molecule has 5 rings (SSSR count). The summed E-state index contributed by atoms with van der Waals surface area (Å²) in [6.45, 7) is 4.34. The Bertz CT molecular complexity index is 1250. The van der Waals surface area contributed by atoms with E-state index in [1.54, 1.807) is 0 Å². The quantitative estimate of drug-likeness (QED) is 0.428. The van der Waals surface area contributed by atoms with E-state index < -0.39 is 5.82 Å². The number of ether oxygens (including phenoxy) is 2. The van der Waals surface area contributed by atoms with E-state index in [0.717, 1.165) is 30.4 Å². The van der Waals surface area contributed by atoms with Crippen LogP contribution >= 0.6 is 0 Å². The monoisotopic (exact) mass is 459 g/mol. The summed E-state index contributed by atoms with van der Waals surface area (Å²) < 4.78 is 25.7. The predicted octanol–water partition coefficient (Wildman–Crippen LogP) is 4.79. The van der Waals surface area contributed by atoms with Crippen LogP contribution in [-0.4, -0.2) is 32.1 Å². The van der Waals surface area contributed by atoms with Crippen LogP contribution in [0, 0.1) is 5.82 Å². The first-order chi connectivity index (χ1) is 16.4. The number of halogens is 1. The third-order valence-electron chi connectivity index (χ3n) is 6.22. The highest BCUT2D eigenvalue weighted by atomic mass is 19.1. The molecule has 0 saturated heterocycles. The Balaban J connectivity index is 1.32. The van der Waals surface area contributed by atoms with Crippen molar-refractivity contribution in [3.8, 4) is 23.1 Å². The van der Waals surface area contributed by atoms with Gasteiger partial charge in [-0.3, -0.25) is 0 Å². The van der Waals surface area contributed by atoms with Crippen LogP contribution in [0.5, 0.6) is 17.2 Å². The molecule has 8 heteroatoms. The zero-order valence-electron chi connectivity index (χ0n) is 19.1. The van der Waals surface area contributed by atoms with Crippen molar-refractivity contribution >= 4 is 0 Å². The normalized spacial score (nSPS) is 17.8. The maximum atomic E-state index is 13.8. The number of hydrogen-bond donors (Lipinski definition) is 1. The van der Waals surface area contributed by atoms with E-state index in [0.29, 0.717) is 11.6 Å². The molecule has 0 radical (unpaired) electrons. The van der Waals surface area contributed by atoms with Crippen LogP contribution in [0.4, 0.5) is 4.39 Å². The van der Waals surface area contributed by atoms with Gasteiger partial charge in [-0.05, 0) is 48.2 Å². The second kappa shape index (κ2) is 8.87. The molecule has 2 aromatic heterocycles. The molecule has 1 fully saturated rings. The summed E-state index contributed by atoms with van der Waals surface area (Å²) in [4.78, 5) is 5.36. The number of rotatable bonds is 7. The topological polar surface area (TPSA) is 88.1 Å². The van der Waals surface area contributed by atoms with Crippen LogP contribution in [0.3, 0.4) is 0 Å². The Kier molecular flexibility index (Phi) is 5.75. The summed E-state index contributed by atoms with van der Waals surface area (Å²) in [6.07, 6.45) is 6.19. The third kappa shape index (κ3) is 4.49. The van der Waals surface area contributed by atoms with Gasteiger partial charge < -0.3 is 15.2 Å². The van der Waals surface area contributed by atoms with Crippen molar-refractivity contribution in [1.29, 1.82) is 0 Å². The molecule has 0 spiro atoms. The maximum Gasteiger partial charge on any atom is 0.217 e. The molecule has 2 aromatic carbocycles. The van der Waals surface area contributed by atoms with Crippen molar-refractivity contribution in [2.24, 2.45) is 5.73 Å². The molecule has 1 saturated carbocycles. The van der Waals surface area contributed by atoms with Crippen LogP contribution in [-0.2, 0) is 5.41 Å². The van der Waals surface area contributed by atoms with E-state index in [4.69, 9.17) is 15.2 Å². The van der Waals surface area contributed by atoms with Crippen molar-refractivity contribution in [2.45, 2.75) is 44.2 Å². The number of benzene rings is 2. The van der Waals surface area contributed by atoms with Gasteiger partial charge in [0.1, 0.15) is 23.4 Å². The van der Waals surface area contributed by atoms with Crippen molar-refractivity contribution in [2.75, 3.05) is 0 Å². The molecule has 34 heavy (non-hydrogen) atoms. The zero-order chi connectivity index (χ0) is 23.7. The fourth-order valence-corrected chi connectivity index (χ4v) is 4.04. The molecule has 0 unspecified atom stereocenters. The summed E-state index contributed by atoms with van der Waals surface area (Å²) in [5.41, 5.74) is 7.89. The Labute approximate surface area is 197 Å². The minimum Gasteiger partial charge on any atom is -0.490 e. The van der Waals surface area contributed by atoms with Gasteiger partial charge in [-0.2, -0.15) is 10.2 Å². The Morgan fingerprint density at radius 1 is 0.941 bits per heavy atom. The number of nitrogens with zero attached hydrogens (tertiary/aromatic N) is 4. The molecular weight excluding hydrogens is 433 g/mol.